The van der Waals surface area contributed by atoms with Crippen molar-refractivity contribution in [3.05, 3.63) is 23.5 Å². The summed E-state index contributed by atoms with van der Waals surface area (Å²) < 4.78 is 1.24. The Hall–Kier alpha value is -1.00. The first-order valence-electron chi connectivity index (χ1n) is 5.79. The molecular formula is C12H15N3S. The second-order valence-electron chi connectivity index (χ2n) is 4.43. The highest BCUT2D eigenvalue weighted by Crippen LogP contribution is 2.41. The molecule has 4 heteroatoms. The van der Waals surface area contributed by atoms with Gasteiger partial charge in [0.05, 0.1) is 21.4 Å². The van der Waals surface area contributed by atoms with Crippen molar-refractivity contribution in [2.45, 2.75) is 25.2 Å². The van der Waals surface area contributed by atoms with Crippen LogP contribution in [-0.2, 0) is 0 Å². The predicted molar refractivity (Wildman–Crippen MR) is 66.6 cm³/mol. The monoisotopic (exact) mass is 233 g/mol. The molecule has 2 aromatic heterocycles. The molecule has 2 aromatic rings. The van der Waals surface area contributed by atoms with Gasteiger partial charge in [-0.25, -0.2) is 4.98 Å². The number of fused-ring (bicyclic) bond motifs is 1. The van der Waals surface area contributed by atoms with Crippen molar-refractivity contribution in [2.75, 3.05) is 6.54 Å². The average Bonchev–Trinajstić information content (AvgIpc) is 2.94. The van der Waals surface area contributed by atoms with Gasteiger partial charge in [0.2, 0.25) is 0 Å². The summed E-state index contributed by atoms with van der Waals surface area (Å²) in [6.45, 7) is 0.791. The molecule has 2 N–H and O–H groups in total. The molecule has 1 fully saturated rings. The van der Waals surface area contributed by atoms with Crippen LogP contribution in [0.2, 0.25) is 0 Å². The largest absolute Gasteiger partial charge is 0.330 e. The Morgan fingerprint density at radius 1 is 1.44 bits per heavy atom. The molecule has 3 nitrogen and oxygen atoms in total. The summed E-state index contributed by atoms with van der Waals surface area (Å²) in [5, 5.41) is 1.26. The summed E-state index contributed by atoms with van der Waals surface area (Å²) in [6.07, 6.45) is 7.48. The molecule has 2 atom stereocenters. The van der Waals surface area contributed by atoms with E-state index in [1.807, 2.05) is 18.5 Å². The van der Waals surface area contributed by atoms with Crippen molar-refractivity contribution < 1.29 is 0 Å². The highest BCUT2D eigenvalue weighted by molar-refractivity contribution is 7.18. The van der Waals surface area contributed by atoms with Gasteiger partial charge >= 0.3 is 0 Å². The number of rotatable bonds is 2. The van der Waals surface area contributed by atoms with E-state index in [4.69, 9.17) is 10.7 Å². The minimum absolute atomic E-state index is 0.586. The Morgan fingerprint density at radius 2 is 2.38 bits per heavy atom. The fraction of sp³-hybridized carbons (Fsp3) is 0.500. The van der Waals surface area contributed by atoms with Crippen LogP contribution in [0.3, 0.4) is 0 Å². The van der Waals surface area contributed by atoms with Crippen LogP contribution in [0.1, 0.15) is 30.2 Å². The maximum atomic E-state index is 5.82. The molecule has 1 saturated carbocycles. The fourth-order valence-corrected chi connectivity index (χ4v) is 3.76. The third kappa shape index (κ3) is 1.62. The minimum atomic E-state index is 0.586. The lowest BCUT2D eigenvalue weighted by Gasteiger charge is -2.14. The van der Waals surface area contributed by atoms with Crippen molar-refractivity contribution in [1.82, 2.24) is 9.97 Å². The van der Waals surface area contributed by atoms with Gasteiger partial charge in [-0.15, -0.1) is 11.3 Å². The highest BCUT2D eigenvalue weighted by atomic mass is 32.1. The van der Waals surface area contributed by atoms with E-state index in [0.717, 1.165) is 12.1 Å². The maximum Gasteiger partial charge on any atom is 0.0998 e. The van der Waals surface area contributed by atoms with Crippen LogP contribution in [0, 0.1) is 5.92 Å². The van der Waals surface area contributed by atoms with Crippen LogP contribution in [0.4, 0.5) is 0 Å². The van der Waals surface area contributed by atoms with Gasteiger partial charge in [0.1, 0.15) is 0 Å². The van der Waals surface area contributed by atoms with Crippen LogP contribution >= 0.6 is 11.3 Å². The summed E-state index contributed by atoms with van der Waals surface area (Å²) in [5.41, 5.74) is 6.85. The Morgan fingerprint density at radius 3 is 3.19 bits per heavy atom. The SMILES string of the molecule is NCC1CCCC1c1nc2cnccc2s1. The quantitative estimate of drug-likeness (QED) is 0.867. The molecule has 0 spiro atoms. The molecule has 2 heterocycles. The van der Waals surface area contributed by atoms with Crippen LogP contribution in [0.5, 0.6) is 0 Å². The number of pyridine rings is 1. The lowest BCUT2D eigenvalue weighted by atomic mass is 9.97. The Kier molecular flexibility index (Phi) is 2.61. The van der Waals surface area contributed by atoms with E-state index < -0.39 is 0 Å². The first-order valence-corrected chi connectivity index (χ1v) is 6.60. The van der Waals surface area contributed by atoms with Gasteiger partial charge in [0, 0.05) is 12.1 Å². The van der Waals surface area contributed by atoms with Crippen LogP contribution in [0.25, 0.3) is 10.2 Å². The van der Waals surface area contributed by atoms with Crippen molar-refractivity contribution >= 4 is 21.6 Å². The molecule has 16 heavy (non-hydrogen) atoms. The number of aromatic nitrogens is 2. The Bertz CT molecular complexity index is 461. The number of hydrogen-bond donors (Lipinski definition) is 1. The summed E-state index contributed by atoms with van der Waals surface area (Å²) in [7, 11) is 0. The summed E-state index contributed by atoms with van der Waals surface area (Å²) in [4.78, 5) is 8.80. The zero-order chi connectivity index (χ0) is 11.0. The topological polar surface area (TPSA) is 51.8 Å². The molecule has 0 aliphatic heterocycles. The van der Waals surface area contributed by atoms with E-state index in [0.29, 0.717) is 11.8 Å². The third-order valence-corrected chi connectivity index (χ3v) is 4.65. The van der Waals surface area contributed by atoms with Crippen LogP contribution in [-0.4, -0.2) is 16.5 Å². The maximum absolute atomic E-state index is 5.82. The number of thiazole rings is 1. The summed E-state index contributed by atoms with van der Waals surface area (Å²) in [5.74, 6) is 1.22. The second kappa shape index (κ2) is 4.11. The molecule has 1 aliphatic carbocycles. The molecule has 0 bridgehead atoms. The standard InChI is InChI=1S/C12H15N3S/c13-6-8-2-1-3-9(8)12-15-10-7-14-5-4-11(10)16-12/h4-5,7-9H,1-3,6,13H2. The zero-order valence-electron chi connectivity index (χ0n) is 9.10. The van der Waals surface area contributed by atoms with E-state index in [1.165, 1.54) is 29.0 Å². The van der Waals surface area contributed by atoms with Crippen LogP contribution in [0.15, 0.2) is 18.5 Å². The van der Waals surface area contributed by atoms with E-state index in [1.54, 1.807) is 11.3 Å². The number of hydrogen-bond acceptors (Lipinski definition) is 4. The molecule has 0 saturated heterocycles. The Balaban J connectivity index is 1.99. The Labute approximate surface area is 98.7 Å². The summed E-state index contributed by atoms with van der Waals surface area (Å²) in [6, 6.07) is 2.04. The van der Waals surface area contributed by atoms with Crippen LogP contribution < -0.4 is 5.73 Å². The van der Waals surface area contributed by atoms with Gasteiger partial charge in [-0.3, -0.25) is 4.98 Å². The molecule has 0 radical (unpaired) electrons. The van der Waals surface area contributed by atoms with Gasteiger partial charge in [0.25, 0.3) is 0 Å². The van der Waals surface area contributed by atoms with Gasteiger partial charge in [-0.05, 0) is 31.4 Å². The average molecular weight is 233 g/mol. The molecular weight excluding hydrogens is 218 g/mol. The van der Waals surface area contributed by atoms with Crippen molar-refractivity contribution in [2.24, 2.45) is 11.7 Å². The van der Waals surface area contributed by atoms with E-state index in [-0.39, 0.29) is 0 Å². The summed E-state index contributed by atoms with van der Waals surface area (Å²) >= 11 is 1.81. The molecule has 0 aromatic carbocycles. The molecule has 3 rings (SSSR count). The normalized spacial score (nSPS) is 25.3. The lowest BCUT2D eigenvalue weighted by molar-refractivity contribution is 0.495. The van der Waals surface area contributed by atoms with Gasteiger partial charge in [0.15, 0.2) is 0 Å². The number of nitrogens with two attached hydrogens (primary N) is 1. The molecule has 0 amide bonds. The van der Waals surface area contributed by atoms with Gasteiger partial charge < -0.3 is 5.73 Å². The third-order valence-electron chi connectivity index (χ3n) is 3.49. The molecule has 84 valence electrons. The van der Waals surface area contributed by atoms with E-state index >= 15 is 0 Å². The molecule has 2 unspecified atom stereocenters. The number of nitrogens with zero attached hydrogens (tertiary/aromatic N) is 2. The van der Waals surface area contributed by atoms with Crippen molar-refractivity contribution in [3.8, 4) is 0 Å². The predicted octanol–water partition coefficient (Wildman–Crippen LogP) is 2.53. The highest BCUT2D eigenvalue weighted by Gasteiger charge is 2.29. The lowest BCUT2D eigenvalue weighted by Crippen LogP contribution is -2.16. The fourth-order valence-electron chi connectivity index (χ4n) is 2.60. The van der Waals surface area contributed by atoms with Crippen molar-refractivity contribution in [3.63, 3.8) is 0 Å². The van der Waals surface area contributed by atoms with Crippen molar-refractivity contribution in [1.29, 1.82) is 0 Å². The first kappa shape index (κ1) is 10.2. The molecule has 1 aliphatic rings. The van der Waals surface area contributed by atoms with E-state index in [9.17, 15) is 0 Å². The van der Waals surface area contributed by atoms with E-state index in [2.05, 4.69) is 4.98 Å². The van der Waals surface area contributed by atoms with Gasteiger partial charge in [-0.2, -0.15) is 0 Å². The zero-order valence-corrected chi connectivity index (χ0v) is 9.91. The first-order chi connectivity index (χ1) is 7.88. The smallest absolute Gasteiger partial charge is 0.0998 e. The van der Waals surface area contributed by atoms with Gasteiger partial charge in [-0.1, -0.05) is 6.42 Å². The minimum Gasteiger partial charge on any atom is -0.330 e. The second-order valence-corrected chi connectivity index (χ2v) is 5.49.